The maximum absolute atomic E-state index is 12.2. The molecule has 0 spiro atoms. The van der Waals surface area contributed by atoms with Crippen LogP contribution in [-0.4, -0.2) is 37.0 Å². The third-order valence-electron chi connectivity index (χ3n) is 3.07. The molecule has 18 heavy (non-hydrogen) atoms. The first kappa shape index (κ1) is 15.6. The molecule has 1 unspecified atom stereocenters. The molecule has 1 aliphatic rings. The fourth-order valence-electron chi connectivity index (χ4n) is 2.02. The van der Waals surface area contributed by atoms with E-state index in [9.17, 15) is 4.79 Å². The molecule has 0 saturated carbocycles. The monoisotopic (exact) mass is 308 g/mol. The van der Waals surface area contributed by atoms with Gasteiger partial charge in [-0.2, -0.15) is 0 Å². The van der Waals surface area contributed by atoms with E-state index in [0.29, 0.717) is 21.7 Å². The Bertz CT molecular complexity index is 439. The number of nitrogens with zero attached hydrogens (tertiary/aromatic N) is 1. The summed E-state index contributed by atoms with van der Waals surface area (Å²) in [7, 11) is 1.91. The van der Waals surface area contributed by atoms with Gasteiger partial charge in [0.05, 0.1) is 15.6 Å². The lowest BCUT2D eigenvalue weighted by molar-refractivity contribution is 0.0790. The van der Waals surface area contributed by atoms with Crippen LogP contribution in [0.15, 0.2) is 18.2 Å². The number of hydrogen-bond acceptors (Lipinski definition) is 2. The fraction of sp³-hybridized carbons (Fsp3) is 0.417. The number of likely N-dealkylation sites (tertiary alicyclic amines) is 1. The van der Waals surface area contributed by atoms with E-state index >= 15 is 0 Å². The second-order valence-electron chi connectivity index (χ2n) is 4.13. The number of carbonyl (C=O) groups excluding carboxylic acids is 1. The number of amides is 1. The molecule has 1 fully saturated rings. The first-order valence-electron chi connectivity index (χ1n) is 5.54. The summed E-state index contributed by atoms with van der Waals surface area (Å²) in [6.45, 7) is 1.48. The molecule has 0 radical (unpaired) electrons. The molecule has 0 aromatic heterocycles. The summed E-state index contributed by atoms with van der Waals surface area (Å²) in [5.74, 6) is -0.0461. The van der Waals surface area contributed by atoms with Crippen molar-refractivity contribution in [3.05, 3.63) is 33.8 Å². The summed E-state index contributed by atoms with van der Waals surface area (Å²) < 4.78 is 0. The van der Waals surface area contributed by atoms with Crippen LogP contribution < -0.4 is 5.32 Å². The maximum atomic E-state index is 12.2. The second-order valence-corrected chi connectivity index (χ2v) is 4.91. The highest BCUT2D eigenvalue weighted by Gasteiger charge is 2.27. The van der Waals surface area contributed by atoms with Gasteiger partial charge in [-0.25, -0.2) is 0 Å². The van der Waals surface area contributed by atoms with Gasteiger partial charge in [0.2, 0.25) is 0 Å². The van der Waals surface area contributed by atoms with Crippen molar-refractivity contribution in [2.24, 2.45) is 0 Å². The molecule has 1 atom stereocenters. The van der Waals surface area contributed by atoms with Crippen molar-refractivity contribution in [3.63, 3.8) is 0 Å². The normalized spacial score (nSPS) is 18.6. The Morgan fingerprint density at radius 3 is 2.78 bits per heavy atom. The van der Waals surface area contributed by atoms with Gasteiger partial charge >= 0.3 is 0 Å². The van der Waals surface area contributed by atoms with Gasteiger partial charge in [0.15, 0.2) is 0 Å². The van der Waals surface area contributed by atoms with E-state index in [1.54, 1.807) is 23.1 Å². The van der Waals surface area contributed by atoms with Crippen LogP contribution in [-0.2, 0) is 0 Å². The molecule has 1 aliphatic heterocycles. The molecular weight excluding hydrogens is 295 g/mol. The summed E-state index contributed by atoms with van der Waals surface area (Å²) in [5, 5.41) is 3.93. The zero-order valence-electron chi connectivity index (χ0n) is 9.95. The van der Waals surface area contributed by atoms with Gasteiger partial charge in [0.1, 0.15) is 0 Å². The highest BCUT2D eigenvalue weighted by atomic mass is 35.5. The van der Waals surface area contributed by atoms with Gasteiger partial charge in [-0.05, 0) is 25.6 Å². The molecule has 1 aromatic carbocycles. The highest BCUT2D eigenvalue weighted by molar-refractivity contribution is 6.43. The Morgan fingerprint density at radius 1 is 1.44 bits per heavy atom. The van der Waals surface area contributed by atoms with Gasteiger partial charge in [-0.1, -0.05) is 29.3 Å². The van der Waals surface area contributed by atoms with E-state index in [4.69, 9.17) is 23.2 Å². The van der Waals surface area contributed by atoms with Crippen LogP contribution in [0.1, 0.15) is 16.8 Å². The maximum Gasteiger partial charge on any atom is 0.255 e. The lowest BCUT2D eigenvalue weighted by Crippen LogP contribution is -2.33. The molecule has 1 N–H and O–H groups in total. The smallest absolute Gasteiger partial charge is 0.255 e. The first-order chi connectivity index (χ1) is 8.13. The number of likely N-dealkylation sites (N-methyl/N-ethyl adjacent to an activating group) is 1. The van der Waals surface area contributed by atoms with Gasteiger partial charge in [-0.15, -0.1) is 12.4 Å². The number of benzene rings is 1. The minimum Gasteiger partial charge on any atom is -0.337 e. The molecule has 3 nitrogen and oxygen atoms in total. The van der Waals surface area contributed by atoms with Crippen molar-refractivity contribution in [2.45, 2.75) is 12.5 Å². The van der Waals surface area contributed by atoms with Crippen LogP contribution in [0.5, 0.6) is 0 Å². The molecule has 1 heterocycles. The predicted molar refractivity (Wildman–Crippen MR) is 77.1 cm³/mol. The third-order valence-corrected chi connectivity index (χ3v) is 3.88. The van der Waals surface area contributed by atoms with Gasteiger partial charge in [0.25, 0.3) is 5.91 Å². The number of hydrogen-bond donors (Lipinski definition) is 1. The number of carbonyl (C=O) groups is 1. The number of rotatable bonds is 2. The summed E-state index contributed by atoms with van der Waals surface area (Å²) in [6, 6.07) is 5.51. The molecular formula is C12H15Cl3N2O. The van der Waals surface area contributed by atoms with Crippen molar-refractivity contribution in [2.75, 3.05) is 20.1 Å². The quantitative estimate of drug-likeness (QED) is 0.911. The summed E-state index contributed by atoms with van der Waals surface area (Å²) in [6.07, 6.45) is 0.973. The lowest BCUT2D eigenvalue weighted by atomic mass is 10.2. The minimum absolute atomic E-state index is 0. The largest absolute Gasteiger partial charge is 0.337 e. The highest BCUT2D eigenvalue weighted by Crippen LogP contribution is 2.27. The Labute approximate surface area is 123 Å². The van der Waals surface area contributed by atoms with E-state index in [-0.39, 0.29) is 18.3 Å². The molecule has 0 bridgehead atoms. The zero-order chi connectivity index (χ0) is 12.4. The average Bonchev–Trinajstić information content (AvgIpc) is 2.80. The van der Waals surface area contributed by atoms with Crippen LogP contribution in [0.2, 0.25) is 10.0 Å². The zero-order valence-corrected chi connectivity index (χ0v) is 12.3. The Kier molecular flexibility index (Phi) is 5.73. The van der Waals surface area contributed by atoms with Crippen molar-refractivity contribution >= 4 is 41.5 Å². The van der Waals surface area contributed by atoms with Crippen LogP contribution in [0.4, 0.5) is 0 Å². The Morgan fingerprint density at radius 2 is 2.17 bits per heavy atom. The molecule has 6 heteroatoms. The van der Waals surface area contributed by atoms with E-state index < -0.39 is 0 Å². The van der Waals surface area contributed by atoms with E-state index in [2.05, 4.69) is 5.32 Å². The standard InChI is InChI=1S/C12H14Cl2N2O.ClH/c1-15-8-5-6-16(7-8)12(17)9-3-2-4-10(13)11(9)14;/h2-4,8,15H,5-7H2,1H3;1H. The average molecular weight is 310 g/mol. The predicted octanol–water partition coefficient (Wildman–Crippen LogP) is 2.85. The fourth-order valence-corrected chi connectivity index (χ4v) is 2.40. The molecule has 1 saturated heterocycles. The lowest BCUT2D eigenvalue weighted by Gasteiger charge is -2.17. The molecule has 1 aromatic rings. The molecule has 2 rings (SSSR count). The van der Waals surface area contributed by atoms with Crippen LogP contribution in [0.25, 0.3) is 0 Å². The summed E-state index contributed by atoms with van der Waals surface area (Å²) in [5.41, 5.74) is 0.482. The summed E-state index contributed by atoms with van der Waals surface area (Å²) >= 11 is 11.9. The first-order valence-corrected chi connectivity index (χ1v) is 6.29. The van der Waals surface area contributed by atoms with Gasteiger partial charge in [0, 0.05) is 19.1 Å². The van der Waals surface area contributed by atoms with Crippen molar-refractivity contribution in [3.8, 4) is 0 Å². The SMILES string of the molecule is CNC1CCN(C(=O)c2cccc(Cl)c2Cl)C1.Cl. The molecule has 0 aliphatic carbocycles. The summed E-state index contributed by atoms with van der Waals surface area (Å²) in [4.78, 5) is 14.0. The molecule has 1 amide bonds. The van der Waals surface area contributed by atoms with E-state index in [1.165, 1.54) is 0 Å². The van der Waals surface area contributed by atoms with E-state index in [1.807, 2.05) is 7.05 Å². The number of halogens is 3. The molecule has 100 valence electrons. The van der Waals surface area contributed by atoms with Crippen molar-refractivity contribution < 1.29 is 4.79 Å². The Hall–Kier alpha value is -0.480. The van der Waals surface area contributed by atoms with Gasteiger partial charge < -0.3 is 10.2 Å². The van der Waals surface area contributed by atoms with E-state index in [0.717, 1.165) is 19.5 Å². The van der Waals surface area contributed by atoms with Gasteiger partial charge in [-0.3, -0.25) is 4.79 Å². The topological polar surface area (TPSA) is 32.3 Å². The van der Waals surface area contributed by atoms with Crippen LogP contribution >= 0.6 is 35.6 Å². The third kappa shape index (κ3) is 3.09. The Balaban J connectivity index is 0.00000162. The van der Waals surface area contributed by atoms with Crippen molar-refractivity contribution in [1.29, 1.82) is 0 Å². The van der Waals surface area contributed by atoms with Crippen LogP contribution in [0.3, 0.4) is 0 Å². The van der Waals surface area contributed by atoms with Crippen LogP contribution in [0, 0.1) is 0 Å². The van der Waals surface area contributed by atoms with Crippen molar-refractivity contribution in [1.82, 2.24) is 10.2 Å². The second kappa shape index (κ2) is 6.62. The minimum atomic E-state index is -0.0461. The number of nitrogens with one attached hydrogen (secondary N) is 1.